The molecule has 2 aromatic rings. The van der Waals surface area contributed by atoms with Crippen molar-refractivity contribution in [3.05, 3.63) is 76.0 Å². The van der Waals surface area contributed by atoms with Crippen molar-refractivity contribution in [2.75, 3.05) is 19.1 Å². The minimum absolute atomic E-state index is 0.356. The molecule has 0 aliphatic carbocycles. The van der Waals surface area contributed by atoms with Gasteiger partial charge in [-0.15, -0.1) is 0 Å². The Morgan fingerprint density at radius 1 is 0.967 bits per heavy atom. The summed E-state index contributed by atoms with van der Waals surface area (Å²) < 4.78 is 10.0. The van der Waals surface area contributed by atoms with Crippen molar-refractivity contribution in [3.8, 4) is 0 Å². The molecule has 156 valence electrons. The highest BCUT2D eigenvalue weighted by atomic mass is 32.1. The molecule has 0 saturated carbocycles. The summed E-state index contributed by atoms with van der Waals surface area (Å²) in [5, 5.41) is 3.65. The van der Waals surface area contributed by atoms with E-state index >= 15 is 0 Å². The minimum atomic E-state index is -0.651. The molecule has 1 atom stereocenters. The van der Waals surface area contributed by atoms with Gasteiger partial charge in [-0.2, -0.15) is 0 Å². The summed E-state index contributed by atoms with van der Waals surface area (Å²) in [5.41, 5.74) is 4.98. The Labute approximate surface area is 181 Å². The third-order valence-corrected chi connectivity index (χ3v) is 5.33. The summed E-state index contributed by atoms with van der Waals surface area (Å²) in [5.74, 6) is -0.988. The van der Waals surface area contributed by atoms with Crippen LogP contribution < -0.4 is 10.2 Å². The molecule has 0 spiro atoms. The van der Waals surface area contributed by atoms with Crippen LogP contribution >= 0.6 is 12.2 Å². The maximum Gasteiger partial charge on any atom is 0.338 e. The van der Waals surface area contributed by atoms with Gasteiger partial charge in [-0.1, -0.05) is 24.3 Å². The van der Waals surface area contributed by atoms with Crippen LogP contribution in [0.5, 0.6) is 0 Å². The minimum Gasteiger partial charge on any atom is -0.466 e. The lowest BCUT2D eigenvalue weighted by atomic mass is 9.91. The molecule has 0 fully saturated rings. The Morgan fingerprint density at radius 2 is 1.57 bits per heavy atom. The van der Waals surface area contributed by atoms with Gasteiger partial charge in [0.2, 0.25) is 0 Å². The number of carbonyl (C=O) groups excluding carboxylic acids is 2. The first kappa shape index (κ1) is 21.5. The zero-order chi connectivity index (χ0) is 22.0. The number of ether oxygens (including phenoxy) is 2. The third kappa shape index (κ3) is 3.93. The fraction of sp³-hybridized carbons (Fsp3) is 0.261. The third-order valence-electron chi connectivity index (χ3n) is 5.03. The number of benzene rings is 2. The first-order chi connectivity index (χ1) is 14.3. The molecule has 6 nitrogen and oxygen atoms in total. The van der Waals surface area contributed by atoms with Crippen molar-refractivity contribution in [3.63, 3.8) is 0 Å². The monoisotopic (exact) mass is 424 g/mol. The highest BCUT2D eigenvalue weighted by Crippen LogP contribution is 2.36. The highest BCUT2D eigenvalue weighted by Gasteiger charge is 2.37. The molecule has 2 aromatic carbocycles. The van der Waals surface area contributed by atoms with Crippen LogP contribution in [0.1, 0.15) is 40.0 Å². The molecule has 1 N–H and O–H groups in total. The van der Waals surface area contributed by atoms with Gasteiger partial charge in [-0.25, -0.2) is 9.59 Å². The molecule has 0 bridgehead atoms. The Balaban J connectivity index is 2.21. The second-order valence-corrected chi connectivity index (χ2v) is 7.52. The van der Waals surface area contributed by atoms with Crippen LogP contribution in [0.25, 0.3) is 0 Å². The average Bonchev–Trinajstić information content (AvgIpc) is 2.71. The van der Waals surface area contributed by atoms with E-state index in [1.807, 2.05) is 37.8 Å². The van der Waals surface area contributed by atoms with Crippen molar-refractivity contribution < 1.29 is 19.1 Å². The predicted octanol–water partition coefficient (Wildman–Crippen LogP) is 3.97. The number of allylic oxidation sites excluding steroid dienone is 1. The first-order valence-electron chi connectivity index (χ1n) is 9.43. The lowest BCUT2D eigenvalue weighted by molar-refractivity contribution is -0.136. The van der Waals surface area contributed by atoms with Crippen LogP contribution in [0, 0.1) is 13.8 Å². The Hall–Kier alpha value is -3.19. The number of hydrogen-bond acceptors (Lipinski definition) is 5. The molecule has 0 radical (unpaired) electrons. The van der Waals surface area contributed by atoms with Gasteiger partial charge < -0.3 is 14.8 Å². The first-order valence-corrected chi connectivity index (χ1v) is 9.84. The molecule has 0 aromatic heterocycles. The molecule has 1 aliphatic rings. The fourth-order valence-electron chi connectivity index (χ4n) is 3.79. The van der Waals surface area contributed by atoms with Gasteiger partial charge in [-0.3, -0.25) is 4.90 Å². The summed E-state index contributed by atoms with van der Waals surface area (Å²) >= 11 is 5.68. The number of thiocarbonyl (C=S) groups is 1. The molecule has 1 aliphatic heterocycles. The zero-order valence-corrected chi connectivity index (χ0v) is 18.4. The second-order valence-electron chi connectivity index (χ2n) is 7.13. The van der Waals surface area contributed by atoms with Gasteiger partial charge in [-0.05, 0) is 67.9 Å². The van der Waals surface area contributed by atoms with E-state index in [0.717, 1.165) is 16.8 Å². The number of carbonyl (C=O) groups is 2. The molecule has 0 saturated heterocycles. The van der Waals surface area contributed by atoms with E-state index in [4.69, 9.17) is 21.7 Å². The van der Waals surface area contributed by atoms with Crippen molar-refractivity contribution in [1.29, 1.82) is 0 Å². The largest absolute Gasteiger partial charge is 0.466 e. The van der Waals surface area contributed by atoms with E-state index in [0.29, 0.717) is 27.5 Å². The van der Waals surface area contributed by atoms with E-state index in [1.165, 1.54) is 14.2 Å². The number of anilines is 1. The summed E-state index contributed by atoms with van der Waals surface area (Å²) in [6, 6.07) is 12.4. The Kier molecular flexibility index (Phi) is 6.22. The van der Waals surface area contributed by atoms with Gasteiger partial charge in [0.15, 0.2) is 5.11 Å². The summed E-state index contributed by atoms with van der Waals surface area (Å²) in [7, 11) is 2.65. The van der Waals surface area contributed by atoms with Crippen LogP contribution in [0.3, 0.4) is 0 Å². The van der Waals surface area contributed by atoms with Crippen LogP contribution in [-0.2, 0) is 14.3 Å². The van der Waals surface area contributed by atoms with Crippen LogP contribution in [0.2, 0.25) is 0 Å². The van der Waals surface area contributed by atoms with Gasteiger partial charge in [0.1, 0.15) is 0 Å². The summed E-state index contributed by atoms with van der Waals surface area (Å²) in [6.45, 7) is 5.84. The number of hydrogen-bond donors (Lipinski definition) is 1. The van der Waals surface area contributed by atoms with Crippen molar-refractivity contribution in [2.45, 2.75) is 26.8 Å². The van der Waals surface area contributed by atoms with Crippen LogP contribution in [0.15, 0.2) is 53.7 Å². The molecule has 7 heteroatoms. The van der Waals surface area contributed by atoms with E-state index in [2.05, 4.69) is 11.4 Å². The number of methoxy groups -OCH3 is 2. The van der Waals surface area contributed by atoms with Gasteiger partial charge in [0.25, 0.3) is 0 Å². The van der Waals surface area contributed by atoms with Crippen molar-refractivity contribution in [1.82, 2.24) is 5.32 Å². The van der Waals surface area contributed by atoms with Crippen molar-refractivity contribution in [2.24, 2.45) is 0 Å². The average molecular weight is 425 g/mol. The molecule has 3 rings (SSSR count). The van der Waals surface area contributed by atoms with Gasteiger partial charge in [0.05, 0.1) is 31.4 Å². The highest BCUT2D eigenvalue weighted by molar-refractivity contribution is 7.80. The summed E-state index contributed by atoms with van der Waals surface area (Å²) in [6.07, 6.45) is 0. The maximum absolute atomic E-state index is 12.8. The van der Waals surface area contributed by atoms with Gasteiger partial charge in [0, 0.05) is 11.4 Å². The SMILES string of the molecule is COC(=O)C1=C(C)N(c2cc(C)cc(C)c2)C(=S)NC1c1ccccc1C(=O)OC. The molecule has 1 unspecified atom stereocenters. The number of esters is 2. The second kappa shape index (κ2) is 8.67. The van der Waals surface area contributed by atoms with E-state index in [-0.39, 0.29) is 0 Å². The van der Waals surface area contributed by atoms with Crippen LogP contribution in [-0.4, -0.2) is 31.3 Å². The van der Waals surface area contributed by atoms with E-state index in [1.54, 1.807) is 24.3 Å². The van der Waals surface area contributed by atoms with Gasteiger partial charge >= 0.3 is 11.9 Å². The number of nitrogens with zero attached hydrogens (tertiary/aromatic N) is 1. The topological polar surface area (TPSA) is 67.9 Å². The lowest BCUT2D eigenvalue weighted by Gasteiger charge is -2.38. The number of aryl methyl sites for hydroxylation is 2. The smallest absolute Gasteiger partial charge is 0.338 e. The number of nitrogens with one attached hydrogen (secondary N) is 1. The standard InChI is InChI=1S/C23H24N2O4S/c1-13-10-14(2)12-16(11-13)25-15(3)19(22(27)29-5)20(24-23(25)30)17-8-6-7-9-18(17)21(26)28-4/h6-12,20H,1-5H3,(H,24,30). The molecular formula is C23H24N2O4S. The fourth-order valence-corrected chi connectivity index (χ4v) is 4.15. The normalized spacial score (nSPS) is 16.2. The van der Waals surface area contributed by atoms with Crippen LogP contribution in [0.4, 0.5) is 5.69 Å². The molecule has 1 heterocycles. The van der Waals surface area contributed by atoms with Crippen molar-refractivity contribution >= 4 is 35.0 Å². The molecule has 30 heavy (non-hydrogen) atoms. The zero-order valence-electron chi connectivity index (χ0n) is 17.6. The Morgan fingerprint density at radius 3 is 2.17 bits per heavy atom. The van der Waals surface area contributed by atoms with E-state index < -0.39 is 18.0 Å². The quantitative estimate of drug-likeness (QED) is 0.588. The van der Waals surface area contributed by atoms with E-state index in [9.17, 15) is 9.59 Å². The lowest BCUT2D eigenvalue weighted by Crippen LogP contribution is -2.48. The Bertz CT molecular complexity index is 1040. The predicted molar refractivity (Wildman–Crippen MR) is 119 cm³/mol. The molecule has 0 amide bonds. The molecular weight excluding hydrogens is 400 g/mol. The summed E-state index contributed by atoms with van der Waals surface area (Å²) in [4.78, 5) is 27.0. The maximum atomic E-state index is 12.8. The number of rotatable bonds is 4.